The summed E-state index contributed by atoms with van der Waals surface area (Å²) in [6.07, 6.45) is 2.36. The lowest BCUT2D eigenvalue weighted by molar-refractivity contribution is -0.128. The maximum atomic E-state index is 13.0. The lowest BCUT2D eigenvalue weighted by Crippen LogP contribution is -2.44. The van der Waals surface area contributed by atoms with Crippen LogP contribution in [0.25, 0.3) is 0 Å². The van der Waals surface area contributed by atoms with Crippen molar-refractivity contribution in [2.24, 2.45) is 5.41 Å². The standard InChI is InChI=1S/C24H30N2O3/c1-17(2)21-13-20(18(3)29-21)23(28)25-11-9-24(10-12-25)14-22(27)26(16-24)15-19-7-5-4-6-8-19/h4-8,13,17H,9-12,14-16H2,1-3H3. The van der Waals surface area contributed by atoms with Crippen LogP contribution in [-0.2, 0) is 11.3 Å². The van der Waals surface area contributed by atoms with E-state index < -0.39 is 0 Å². The van der Waals surface area contributed by atoms with E-state index in [0.29, 0.717) is 37.4 Å². The van der Waals surface area contributed by atoms with Crippen LogP contribution in [0, 0.1) is 12.3 Å². The molecule has 0 aliphatic carbocycles. The summed E-state index contributed by atoms with van der Waals surface area (Å²) in [5.74, 6) is 2.11. The molecule has 0 atom stereocenters. The Labute approximate surface area is 172 Å². The fraction of sp³-hybridized carbons (Fsp3) is 0.500. The highest BCUT2D eigenvalue weighted by Crippen LogP contribution is 2.42. The first-order chi connectivity index (χ1) is 13.9. The molecule has 1 aromatic heterocycles. The maximum absolute atomic E-state index is 13.0. The van der Waals surface area contributed by atoms with Crippen LogP contribution in [0.2, 0.25) is 0 Å². The average Bonchev–Trinajstić information content (AvgIpc) is 3.23. The predicted octanol–water partition coefficient (Wildman–Crippen LogP) is 4.37. The molecule has 0 unspecified atom stereocenters. The van der Waals surface area contributed by atoms with Crippen molar-refractivity contribution in [1.29, 1.82) is 0 Å². The van der Waals surface area contributed by atoms with E-state index in [1.807, 2.05) is 41.0 Å². The summed E-state index contributed by atoms with van der Waals surface area (Å²) in [6, 6.07) is 12.1. The number of aryl methyl sites for hydroxylation is 1. The second-order valence-electron chi connectivity index (χ2n) is 8.98. The van der Waals surface area contributed by atoms with E-state index in [2.05, 4.69) is 26.0 Å². The lowest BCUT2D eigenvalue weighted by atomic mass is 9.77. The second kappa shape index (κ2) is 7.69. The van der Waals surface area contributed by atoms with Gasteiger partial charge >= 0.3 is 0 Å². The Hall–Kier alpha value is -2.56. The molecule has 3 heterocycles. The monoisotopic (exact) mass is 394 g/mol. The van der Waals surface area contributed by atoms with Crippen molar-refractivity contribution >= 4 is 11.8 Å². The normalized spacial score (nSPS) is 18.8. The molecular weight excluding hydrogens is 364 g/mol. The number of carbonyl (C=O) groups is 2. The van der Waals surface area contributed by atoms with Crippen molar-refractivity contribution < 1.29 is 14.0 Å². The van der Waals surface area contributed by atoms with Gasteiger partial charge in [-0.1, -0.05) is 44.2 Å². The third-order valence-corrected chi connectivity index (χ3v) is 6.47. The molecule has 2 aromatic rings. The molecule has 0 N–H and O–H groups in total. The van der Waals surface area contributed by atoms with Gasteiger partial charge in [-0.3, -0.25) is 9.59 Å². The molecule has 2 amide bonds. The smallest absolute Gasteiger partial charge is 0.257 e. The van der Waals surface area contributed by atoms with Crippen LogP contribution in [0.15, 0.2) is 40.8 Å². The summed E-state index contributed by atoms with van der Waals surface area (Å²) >= 11 is 0. The van der Waals surface area contributed by atoms with E-state index in [0.717, 1.165) is 25.1 Å². The first kappa shape index (κ1) is 19.7. The SMILES string of the molecule is Cc1oc(C(C)C)cc1C(=O)N1CCC2(CC1)CC(=O)N(Cc1ccccc1)C2. The zero-order valence-electron chi connectivity index (χ0n) is 17.6. The number of amides is 2. The van der Waals surface area contributed by atoms with Crippen LogP contribution in [0.3, 0.4) is 0 Å². The minimum Gasteiger partial charge on any atom is -0.465 e. The molecule has 1 spiro atoms. The van der Waals surface area contributed by atoms with Gasteiger partial charge in [0, 0.05) is 43.9 Å². The largest absolute Gasteiger partial charge is 0.465 e. The molecule has 0 bridgehead atoms. The summed E-state index contributed by atoms with van der Waals surface area (Å²) < 4.78 is 5.77. The van der Waals surface area contributed by atoms with Crippen LogP contribution in [0.5, 0.6) is 0 Å². The quantitative estimate of drug-likeness (QED) is 0.774. The highest BCUT2D eigenvalue weighted by atomic mass is 16.3. The molecule has 5 heteroatoms. The van der Waals surface area contributed by atoms with Crippen molar-refractivity contribution in [3.63, 3.8) is 0 Å². The summed E-state index contributed by atoms with van der Waals surface area (Å²) in [6.45, 7) is 8.87. The van der Waals surface area contributed by atoms with Gasteiger partial charge in [-0.05, 0) is 31.4 Å². The van der Waals surface area contributed by atoms with E-state index in [-0.39, 0.29) is 23.1 Å². The number of benzene rings is 1. The summed E-state index contributed by atoms with van der Waals surface area (Å²) in [7, 11) is 0. The van der Waals surface area contributed by atoms with Gasteiger partial charge < -0.3 is 14.2 Å². The highest BCUT2D eigenvalue weighted by Gasteiger charge is 2.45. The number of hydrogen-bond acceptors (Lipinski definition) is 3. The average molecular weight is 395 g/mol. The molecule has 4 rings (SSSR count). The van der Waals surface area contributed by atoms with Crippen molar-refractivity contribution in [1.82, 2.24) is 9.80 Å². The Balaban J connectivity index is 1.39. The minimum atomic E-state index is 0.0111. The number of piperidine rings is 1. The number of likely N-dealkylation sites (tertiary alicyclic amines) is 2. The van der Waals surface area contributed by atoms with E-state index in [1.54, 1.807) is 0 Å². The van der Waals surface area contributed by atoms with E-state index in [1.165, 1.54) is 5.56 Å². The molecule has 0 radical (unpaired) electrons. The zero-order chi connectivity index (χ0) is 20.6. The van der Waals surface area contributed by atoms with Gasteiger partial charge in [0.1, 0.15) is 11.5 Å². The number of hydrogen-bond donors (Lipinski definition) is 0. The van der Waals surface area contributed by atoms with Gasteiger partial charge in [0.25, 0.3) is 5.91 Å². The highest BCUT2D eigenvalue weighted by molar-refractivity contribution is 5.95. The summed E-state index contributed by atoms with van der Waals surface area (Å²) in [5, 5.41) is 0. The van der Waals surface area contributed by atoms with Gasteiger partial charge in [0.15, 0.2) is 0 Å². The third kappa shape index (κ3) is 3.96. The molecule has 2 fully saturated rings. The number of nitrogens with zero attached hydrogens (tertiary/aromatic N) is 2. The molecular formula is C24H30N2O3. The molecule has 5 nitrogen and oxygen atoms in total. The van der Waals surface area contributed by atoms with Gasteiger partial charge in [0.05, 0.1) is 5.56 Å². The molecule has 2 saturated heterocycles. The Kier molecular flexibility index (Phi) is 5.24. The molecule has 2 aliphatic rings. The van der Waals surface area contributed by atoms with Gasteiger partial charge in [-0.25, -0.2) is 0 Å². The Morgan fingerprint density at radius 1 is 1.17 bits per heavy atom. The minimum absolute atomic E-state index is 0.0111. The zero-order valence-corrected chi connectivity index (χ0v) is 17.6. The Morgan fingerprint density at radius 3 is 2.48 bits per heavy atom. The van der Waals surface area contributed by atoms with Crippen molar-refractivity contribution in [3.05, 3.63) is 59.0 Å². The summed E-state index contributed by atoms with van der Waals surface area (Å²) in [5.41, 5.74) is 1.86. The fourth-order valence-electron chi connectivity index (χ4n) is 4.62. The van der Waals surface area contributed by atoms with Crippen LogP contribution >= 0.6 is 0 Å². The van der Waals surface area contributed by atoms with Crippen LogP contribution < -0.4 is 0 Å². The fourth-order valence-corrected chi connectivity index (χ4v) is 4.62. The van der Waals surface area contributed by atoms with Crippen LogP contribution in [0.1, 0.15) is 66.5 Å². The van der Waals surface area contributed by atoms with Crippen LogP contribution in [0.4, 0.5) is 0 Å². The predicted molar refractivity (Wildman–Crippen MR) is 112 cm³/mol. The van der Waals surface area contributed by atoms with E-state index in [4.69, 9.17) is 4.42 Å². The summed E-state index contributed by atoms with van der Waals surface area (Å²) in [4.78, 5) is 29.6. The van der Waals surface area contributed by atoms with Crippen molar-refractivity contribution in [2.75, 3.05) is 19.6 Å². The van der Waals surface area contributed by atoms with E-state index in [9.17, 15) is 9.59 Å². The molecule has 1 aromatic carbocycles. The Morgan fingerprint density at radius 2 is 1.86 bits per heavy atom. The van der Waals surface area contributed by atoms with Crippen molar-refractivity contribution in [2.45, 2.75) is 52.5 Å². The van der Waals surface area contributed by atoms with E-state index >= 15 is 0 Å². The Bertz CT molecular complexity index is 892. The molecule has 29 heavy (non-hydrogen) atoms. The first-order valence-corrected chi connectivity index (χ1v) is 10.6. The number of carbonyl (C=O) groups excluding carboxylic acids is 2. The number of rotatable bonds is 4. The molecule has 154 valence electrons. The third-order valence-electron chi connectivity index (χ3n) is 6.47. The van der Waals surface area contributed by atoms with Gasteiger partial charge in [-0.2, -0.15) is 0 Å². The molecule has 0 saturated carbocycles. The maximum Gasteiger partial charge on any atom is 0.257 e. The topological polar surface area (TPSA) is 53.8 Å². The van der Waals surface area contributed by atoms with Gasteiger partial charge in [0.2, 0.25) is 5.91 Å². The molecule has 2 aliphatic heterocycles. The van der Waals surface area contributed by atoms with Gasteiger partial charge in [-0.15, -0.1) is 0 Å². The lowest BCUT2D eigenvalue weighted by Gasteiger charge is -2.38. The van der Waals surface area contributed by atoms with Crippen molar-refractivity contribution in [3.8, 4) is 0 Å². The second-order valence-corrected chi connectivity index (χ2v) is 8.98. The number of furan rings is 1. The first-order valence-electron chi connectivity index (χ1n) is 10.6. The van der Waals surface area contributed by atoms with Crippen LogP contribution in [-0.4, -0.2) is 41.2 Å².